The van der Waals surface area contributed by atoms with Gasteiger partial charge in [0.1, 0.15) is 0 Å². The molecule has 5 rings (SSSR count). The number of aromatic nitrogens is 5. The topological polar surface area (TPSA) is 77.2 Å². The number of anilines is 1. The number of halogens is 1. The molecular formula is C22H23FN6O. The number of nitrogens with one attached hydrogen (secondary N) is 1. The molecule has 0 radical (unpaired) electrons. The van der Waals surface area contributed by atoms with E-state index in [2.05, 4.69) is 20.4 Å². The Morgan fingerprint density at radius 2 is 1.97 bits per heavy atom. The average molecular weight is 406 g/mol. The fourth-order valence-corrected chi connectivity index (χ4v) is 4.08. The maximum absolute atomic E-state index is 13.0. The van der Waals surface area contributed by atoms with Crippen LogP contribution in [0.3, 0.4) is 0 Å². The molecule has 0 aromatic carbocycles. The van der Waals surface area contributed by atoms with Crippen molar-refractivity contribution in [3.63, 3.8) is 0 Å². The summed E-state index contributed by atoms with van der Waals surface area (Å²) in [5, 5.41) is 8.01. The van der Waals surface area contributed by atoms with Crippen molar-refractivity contribution in [2.45, 2.75) is 51.1 Å². The molecule has 0 aliphatic heterocycles. The van der Waals surface area contributed by atoms with E-state index in [1.165, 1.54) is 6.92 Å². The third-order valence-electron chi connectivity index (χ3n) is 5.54. The summed E-state index contributed by atoms with van der Waals surface area (Å²) in [5.41, 5.74) is 4.46. The van der Waals surface area contributed by atoms with Gasteiger partial charge in [-0.25, -0.2) is 18.9 Å². The molecule has 0 amide bonds. The van der Waals surface area contributed by atoms with Gasteiger partial charge in [-0.2, -0.15) is 0 Å². The van der Waals surface area contributed by atoms with Crippen molar-refractivity contribution in [2.75, 3.05) is 5.32 Å². The molecule has 0 saturated heterocycles. The lowest BCUT2D eigenvalue weighted by molar-refractivity contribution is -0.0862. The zero-order valence-electron chi connectivity index (χ0n) is 16.7. The second kappa shape index (κ2) is 7.95. The predicted octanol–water partition coefficient (Wildman–Crippen LogP) is 4.39. The second-order valence-corrected chi connectivity index (χ2v) is 7.68. The second-order valence-electron chi connectivity index (χ2n) is 7.68. The minimum absolute atomic E-state index is 0.00288. The van der Waals surface area contributed by atoms with E-state index in [0.717, 1.165) is 53.5 Å². The molecule has 1 N–H and O–H groups in total. The zero-order chi connectivity index (χ0) is 20.5. The van der Waals surface area contributed by atoms with Crippen LogP contribution in [0.15, 0.2) is 48.9 Å². The fraction of sp³-hybridized carbons (Fsp3) is 0.364. The van der Waals surface area contributed by atoms with Crippen LogP contribution in [0.5, 0.6) is 0 Å². The lowest BCUT2D eigenvalue weighted by Gasteiger charge is -2.29. The number of hydrogen-bond donors (Lipinski definition) is 1. The van der Waals surface area contributed by atoms with Crippen molar-refractivity contribution >= 4 is 22.5 Å². The van der Waals surface area contributed by atoms with E-state index >= 15 is 0 Å². The van der Waals surface area contributed by atoms with Gasteiger partial charge in [0, 0.05) is 24.0 Å². The van der Waals surface area contributed by atoms with Gasteiger partial charge in [0.2, 0.25) is 5.95 Å². The van der Waals surface area contributed by atoms with Gasteiger partial charge in [-0.05, 0) is 62.9 Å². The van der Waals surface area contributed by atoms with Gasteiger partial charge < -0.3 is 10.1 Å². The molecule has 4 aromatic heterocycles. The van der Waals surface area contributed by atoms with Gasteiger partial charge in [-0.1, -0.05) is 0 Å². The van der Waals surface area contributed by atoms with E-state index in [1.54, 1.807) is 6.20 Å². The van der Waals surface area contributed by atoms with Crippen LogP contribution in [0, 0.1) is 0 Å². The molecular weight excluding hydrogens is 383 g/mol. The normalized spacial score (nSPS) is 20.5. The first-order valence-electron chi connectivity index (χ1n) is 10.3. The molecule has 0 bridgehead atoms. The first-order chi connectivity index (χ1) is 14.7. The minimum Gasteiger partial charge on any atom is -0.350 e. The summed E-state index contributed by atoms with van der Waals surface area (Å²) in [4.78, 5) is 13.6. The highest BCUT2D eigenvalue weighted by molar-refractivity contribution is 5.83. The van der Waals surface area contributed by atoms with Crippen LogP contribution >= 0.6 is 0 Å². The van der Waals surface area contributed by atoms with Crippen LogP contribution < -0.4 is 5.32 Å². The molecule has 8 heteroatoms. The highest BCUT2D eigenvalue weighted by atomic mass is 19.1. The summed E-state index contributed by atoms with van der Waals surface area (Å²) in [5.74, 6) is 0.587. The Hall–Kier alpha value is -3.13. The largest absolute Gasteiger partial charge is 0.350 e. The van der Waals surface area contributed by atoms with Crippen LogP contribution in [-0.4, -0.2) is 43.1 Å². The maximum Gasteiger partial charge on any atom is 0.241 e. The van der Waals surface area contributed by atoms with E-state index in [0.29, 0.717) is 5.95 Å². The summed E-state index contributed by atoms with van der Waals surface area (Å²) < 4.78 is 20.1. The molecule has 4 aromatic rings. The Kier molecular flexibility index (Phi) is 5.00. The van der Waals surface area contributed by atoms with Crippen molar-refractivity contribution in [3.8, 4) is 11.3 Å². The molecule has 1 fully saturated rings. The SMILES string of the molecule is CC(F)O[C@H]1CC[C@H](Nc2ncc3c(-c4ccc5ncccc5n4)ccn3n2)CC1. The van der Waals surface area contributed by atoms with Crippen LogP contribution in [0.1, 0.15) is 32.6 Å². The van der Waals surface area contributed by atoms with E-state index in [-0.39, 0.29) is 12.1 Å². The lowest BCUT2D eigenvalue weighted by atomic mass is 9.93. The highest BCUT2D eigenvalue weighted by Gasteiger charge is 2.23. The molecule has 30 heavy (non-hydrogen) atoms. The third-order valence-corrected chi connectivity index (χ3v) is 5.54. The average Bonchev–Trinajstić information content (AvgIpc) is 3.18. The number of rotatable bonds is 5. The standard InChI is InChI=1S/C22H23FN6O/c1-14(23)30-16-6-4-15(5-7-16)26-22-25-13-21-17(10-12-29(21)28-22)18-8-9-19-20(27-18)3-2-11-24-19/h2-3,8-16H,4-7H2,1H3,(H,26,28)/t14?,15-,16-. The van der Waals surface area contributed by atoms with Crippen molar-refractivity contribution in [3.05, 3.63) is 48.9 Å². The van der Waals surface area contributed by atoms with E-state index in [1.807, 2.05) is 47.2 Å². The van der Waals surface area contributed by atoms with Crippen molar-refractivity contribution in [2.24, 2.45) is 0 Å². The molecule has 0 spiro atoms. The number of pyridine rings is 2. The fourth-order valence-electron chi connectivity index (χ4n) is 4.08. The maximum atomic E-state index is 13.0. The van der Waals surface area contributed by atoms with E-state index < -0.39 is 6.36 Å². The number of fused-ring (bicyclic) bond motifs is 2. The molecule has 1 aliphatic carbocycles. The molecule has 1 atom stereocenters. The van der Waals surface area contributed by atoms with Crippen LogP contribution in [-0.2, 0) is 4.74 Å². The highest BCUT2D eigenvalue weighted by Crippen LogP contribution is 2.27. The van der Waals surface area contributed by atoms with Crippen LogP contribution in [0.4, 0.5) is 10.3 Å². The summed E-state index contributed by atoms with van der Waals surface area (Å²) in [6.45, 7) is 1.43. The minimum atomic E-state index is -1.21. The monoisotopic (exact) mass is 406 g/mol. The van der Waals surface area contributed by atoms with Gasteiger partial charge >= 0.3 is 0 Å². The van der Waals surface area contributed by atoms with Crippen molar-refractivity contribution < 1.29 is 9.13 Å². The molecule has 7 nitrogen and oxygen atoms in total. The zero-order valence-corrected chi connectivity index (χ0v) is 16.7. The molecule has 1 unspecified atom stereocenters. The van der Waals surface area contributed by atoms with Gasteiger partial charge in [-0.3, -0.25) is 4.98 Å². The number of nitrogens with zero attached hydrogens (tertiary/aromatic N) is 5. The first kappa shape index (κ1) is 18.9. The van der Waals surface area contributed by atoms with E-state index in [4.69, 9.17) is 9.72 Å². The molecule has 154 valence electrons. The van der Waals surface area contributed by atoms with E-state index in [9.17, 15) is 4.39 Å². The smallest absolute Gasteiger partial charge is 0.241 e. The van der Waals surface area contributed by atoms with Gasteiger partial charge in [-0.15, -0.1) is 5.10 Å². The molecule has 4 heterocycles. The summed E-state index contributed by atoms with van der Waals surface area (Å²) >= 11 is 0. The number of hydrogen-bond acceptors (Lipinski definition) is 6. The third kappa shape index (κ3) is 3.82. The molecule has 1 saturated carbocycles. The molecule has 1 aliphatic rings. The van der Waals surface area contributed by atoms with Gasteiger partial charge in [0.15, 0.2) is 6.36 Å². The number of ether oxygens (including phenoxy) is 1. The Labute approximate surface area is 173 Å². The van der Waals surface area contributed by atoms with Gasteiger partial charge in [0.25, 0.3) is 0 Å². The Bertz CT molecular complexity index is 1170. The lowest BCUT2D eigenvalue weighted by Crippen LogP contribution is -2.31. The van der Waals surface area contributed by atoms with Crippen molar-refractivity contribution in [1.82, 2.24) is 24.6 Å². The first-order valence-corrected chi connectivity index (χ1v) is 10.3. The quantitative estimate of drug-likeness (QED) is 0.530. The predicted molar refractivity (Wildman–Crippen MR) is 113 cm³/mol. The van der Waals surface area contributed by atoms with Crippen LogP contribution in [0.25, 0.3) is 27.8 Å². The van der Waals surface area contributed by atoms with Gasteiger partial charge in [0.05, 0.1) is 34.5 Å². The Morgan fingerprint density at radius 1 is 1.10 bits per heavy atom. The van der Waals surface area contributed by atoms with Crippen molar-refractivity contribution in [1.29, 1.82) is 0 Å². The summed E-state index contributed by atoms with van der Waals surface area (Å²) in [6.07, 6.45) is 7.79. The summed E-state index contributed by atoms with van der Waals surface area (Å²) in [6, 6.07) is 10.0. The Morgan fingerprint density at radius 3 is 2.80 bits per heavy atom. The Balaban J connectivity index is 1.33. The number of alkyl halides is 1. The summed E-state index contributed by atoms with van der Waals surface area (Å²) in [7, 11) is 0. The van der Waals surface area contributed by atoms with Crippen LogP contribution in [0.2, 0.25) is 0 Å².